The maximum atomic E-state index is 14.1. The number of hydrogen-bond donors (Lipinski definition) is 0. The van der Waals surface area contributed by atoms with Crippen molar-refractivity contribution in [2.45, 2.75) is 0 Å². The summed E-state index contributed by atoms with van der Waals surface area (Å²) in [6.07, 6.45) is 0. The van der Waals surface area contributed by atoms with E-state index in [1.807, 2.05) is 0 Å². The summed E-state index contributed by atoms with van der Waals surface area (Å²) in [6.45, 7) is 0. The number of benzene rings is 4. The lowest BCUT2D eigenvalue weighted by molar-refractivity contribution is 0.0756. The van der Waals surface area contributed by atoms with Crippen molar-refractivity contribution in [2.75, 3.05) is 0 Å². The summed E-state index contributed by atoms with van der Waals surface area (Å²) >= 11 is 0.738. The zero-order chi connectivity index (χ0) is 24.2. The Morgan fingerprint density at radius 2 is 0.629 bits per heavy atom. The highest BCUT2D eigenvalue weighted by Crippen LogP contribution is 2.52. The van der Waals surface area contributed by atoms with Gasteiger partial charge < -0.3 is 0 Å². The van der Waals surface area contributed by atoms with Crippen LogP contribution in [0.3, 0.4) is 0 Å². The van der Waals surface area contributed by atoms with Crippen LogP contribution in [0.5, 0.6) is 0 Å². The molecule has 0 aromatic heterocycles. The van der Waals surface area contributed by atoms with Gasteiger partial charge in [-0.1, -0.05) is 60.7 Å². The van der Waals surface area contributed by atoms with Gasteiger partial charge in [-0.2, -0.15) is 0 Å². The molecule has 0 saturated carbocycles. The fourth-order valence-corrected chi connectivity index (χ4v) is 6.24. The van der Waals surface area contributed by atoms with Gasteiger partial charge in [-0.05, 0) is 32.0 Å². The van der Waals surface area contributed by atoms with E-state index in [2.05, 4.69) is 0 Å². The van der Waals surface area contributed by atoms with E-state index in [1.165, 1.54) is 0 Å². The van der Waals surface area contributed by atoms with Gasteiger partial charge in [-0.15, -0.1) is 0 Å². The van der Waals surface area contributed by atoms with E-state index < -0.39 is 31.4 Å². The van der Waals surface area contributed by atoms with Gasteiger partial charge in [0.05, 0.1) is 22.3 Å². The summed E-state index contributed by atoms with van der Waals surface area (Å²) in [6, 6.07) is 30.4. The third-order valence-electron chi connectivity index (χ3n) is 6.40. The average Bonchev–Trinajstić information content (AvgIpc) is 3.27. The molecule has 7 heteroatoms. The summed E-state index contributed by atoms with van der Waals surface area (Å²) in [4.78, 5) is 56.3. The van der Waals surface area contributed by atoms with Gasteiger partial charge in [-0.3, -0.25) is 0 Å². The Morgan fingerprint density at radius 3 is 0.914 bits per heavy atom. The minimum Gasteiger partial charge on any atom is -0.223 e. The van der Waals surface area contributed by atoms with E-state index in [-0.39, 0.29) is 22.3 Å². The zero-order valence-corrected chi connectivity index (χ0v) is 19.1. The molecule has 4 amide bonds. The van der Waals surface area contributed by atoms with Crippen molar-refractivity contribution in [3.05, 3.63) is 131 Å². The van der Waals surface area contributed by atoms with Gasteiger partial charge >= 0.3 is 35.8 Å². The summed E-state index contributed by atoms with van der Waals surface area (Å²) in [7, 11) is 0. The zero-order valence-electron chi connectivity index (χ0n) is 18.3. The predicted molar refractivity (Wildman–Crippen MR) is 134 cm³/mol. The topological polar surface area (TPSA) is 68.3 Å². The van der Waals surface area contributed by atoms with Crippen LogP contribution in [-0.2, 0) is 0 Å². The van der Waals surface area contributed by atoms with Crippen LogP contribution in [0.15, 0.2) is 109 Å². The predicted octanol–water partition coefficient (Wildman–Crippen LogP) is 5.55. The molecule has 0 atom stereocenters. The number of rotatable bonds is 4. The number of carbonyl (C=O) groups is 4. The van der Waals surface area contributed by atoms with Gasteiger partial charge in [0.25, 0.3) is 0 Å². The van der Waals surface area contributed by atoms with E-state index in [0.717, 1.165) is 12.1 Å². The van der Waals surface area contributed by atoms with Crippen molar-refractivity contribution in [1.29, 1.82) is 0 Å². The molecule has 6 nitrogen and oxygen atoms in total. The second-order valence-electron chi connectivity index (χ2n) is 8.28. The highest BCUT2D eigenvalue weighted by Gasteiger charge is 2.70. The molecule has 2 heterocycles. The number of fused-ring (bicyclic) bond motifs is 2. The van der Waals surface area contributed by atoms with E-state index in [1.54, 1.807) is 109 Å². The van der Waals surface area contributed by atoms with Gasteiger partial charge in [0.2, 0.25) is 0 Å². The van der Waals surface area contributed by atoms with Crippen molar-refractivity contribution < 1.29 is 19.2 Å². The van der Waals surface area contributed by atoms with Crippen LogP contribution in [0, 0.1) is 0 Å². The molecule has 0 fully saturated rings. The number of hydrogen-bond acceptors (Lipinski definition) is 5. The maximum absolute atomic E-state index is 14.1. The average molecular weight is 479 g/mol. The number of amides is 4. The molecule has 4 aromatic rings. The molecule has 0 unspecified atom stereocenters. The standard InChI is InChI=1S/C28H18N2O4S/c31-25-21-15-7-8-16-22(21)26(32)29(25,19-11-3-1-4-12-19)35-30(20-13-5-2-6-14-20)27(33)23-17-9-10-18-24(23)28(30)34/h1-18H/q+2. The molecule has 0 aliphatic carbocycles. The Labute approximate surface area is 205 Å². The Balaban J connectivity index is 1.65. The molecule has 0 N–H and O–H groups in total. The minimum atomic E-state index is -0.874. The highest BCUT2D eigenvalue weighted by atomic mass is 32.2. The number of quaternary nitrogens is 2. The minimum absolute atomic E-state index is 0.261. The molecule has 35 heavy (non-hydrogen) atoms. The van der Waals surface area contributed by atoms with Crippen molar-refractivity contribution in [2.24, 2.45) is 0 Å². The number of nitrogens with zero attached hydrogens (tertiary/aromatic N) is 2. The summed E-state index contributed by atoms with van der Waals surface area (Å²) in [5.74, 6) is -1.97. The first kappa shape index (κ1) is 21.4. The lowest BCUT2D eigenvalue weighted by Gasteiger charge is -2.31. The largest absolute Gasteiger partial charge is 0.375 e. The van der Waals surface area contributed by atoms with E-state index in [9.17, 15) is 19.2 Å². The lowest BCUT2D eigenvalue weighted by Crippen LogP contribution is -2.59. The van der Waals surface area contributed by atoms with Crippen LogP contribution >= 0.6 is 12.1 Å². The Morgan fingerprint density at radius 1 is 0.371 bits per heavy atom. The van der Waals surface area contributed by atoms with Crippen LogP contribution in [0.25, 0.3) is 0 Å². The summed E-state index contributed by atoms with van der Waals surface area (Å²) < 4.78 is -1.75. The van der Waals surface area contributed by atoms with Crippen LogP contribution in [-0.4, -0.2) is 23.6 Å². The molecule has 0 spiro atoms. The smallest absolute Gasteiger partial charge is 0.223 e. The molecular weight excluding hydrogens is 460 g/mol. The lowest BCUT2D eigenvalue weighted by atomic mass is 10.1. The number of carbonyl (C=O) groups excluding carboxylic acids is 4. The van der Waals surface area contributed by atoms with Crippen molar-refractivity contribution in [3.63, 3.8) is 0 Å². The third kappa shape index (κ3) is 2.74. The van der Waals surface area contributed by atoms with Gasteiger partial charge in [0.1, 0.15) is 0 Å². The fraction of sp³-hybridized carbons (Fsp3) is 0. The number of para-hydroxylation sites is 2. The monoisotopic (exact) mass is 478 g/mol. The quantitative estimate of drug-likeness (QED) is 0.218. The van der Waals surface area contributed by atoms with E-state index in [4.69, 9.17) is 0 Å². The Kier molecular flexibility index (Phi) is 4.69. The Hall–Kier alpha value is -4.17. The number of imide groups is 2. The SMILES string of the molecule is O=C1c2ccccc2C(=O)[N+]1(S[N+]1(c2ccccc2)C(=O)c2ccccc2C1=O)c1ccccc1. The first-order valence-corrected chi connectivity index (χ1v) is 11.7. The summed E-state index contributed by atoms with van der Waals surface area (Å²) in [5.41, 5.74) is 1.78. The molecule has 2 aliphatic heterocycles. The van der Waals surface area contributed by atoms with Crippen molar-refractivity contribution >= 4 is 47.1 Å². The first-order chi connectivity index (χ1) is 17.0. The summed E-state index contributed by atoms with van der Waals surface area (Å²) in [5, 5.41) is 0. The molecule has 0 bridgehead atoms. The third-order valence-corrected chi connectivity index (χ3v) is 7.98. The fourth-order valence-electron chi connectivity index (χ4n) is 4.75. The highest BCUT2D eigenvalue weighted by molar-refractivity contribution is 8.01. The molecule has 168 valence electrons. The Bertz CT molecular complexity index is 1360. The van der Waals surface area contributed by atoms with Gasteiger partial charge in [0.15, 0.2) is 11.4 Å². The molecular formula is C28H18N2O4S+2. The van der Waals surface area contributed by atoms with Crippen molar-refractivity contribution in [1.82, 2.24) is 7.78 Å². The van der Waals surface area contributed by atoms with Gasteiger partial charge in [0, 0.05) is 24.3 Å². The second-order valence-corrected chi connectivity index (χ2v) is 9.54. The van der Waals surface area contributed by atoms with Crippen LogP contribution in [0.2, 0.25) is 0 Å². The van der Waals surface area contributed by atoms with E-state index >= 15 is 0 Å². The van der Waals surface area contributed by atoms with Crippen LogP contribution in [0.1, 0.15) is 41.4 Å². The van der Waals surface area contributed by atoms with Crippen LogP contribution in [0.4, 0.5) is 11.4 Å². The molecule has 4 aromatic carbocycles. The van der Waals surface area contributed by atoms with Gasteiger partial charge in [-0.25, -0.2) is 19.2 Å². The molecule has 6 rings (SSSR count). The second kappa shape index (κ2) is 7.68. The maximum Gasteiger partial charge on any atom is 0.375 e. The van der Waals surface area contributed by atoms with Crippen LogP contribution < -0.4 is 7.78 Å². The molecule has 2 aliphatic rings. The first-order valence-electron chi connectivity index (χ1n) is 11.0. The molecule has 0 radical (unpaired) electrons. The van der Waals surface area contributed by atoms with Crippen molar-refractivity contribution in [3.8, 4) is 0 Å². The normalized spacial score (nSPS) is 17.4. The van der Waals surface area contributed by atoms with E-state index in [0.29, 0.717) is 11.4 Å². The molecule has 0 saturated heterocycles.